The molecule has 0 heterocycles. The molecule has 0 aliphatic carbocycles. The van der Waals surface area contributed by atoms with Crippen LogP contribution in [-0.4, -0.2) is 20.9 Å². The average Bonchev–Trinajstić information content (AvgIpc) is 2.51. The maximum absolute atomic E-state index is 11.5. The molecule has 0 atom stereocenters. The third-order valence-electron chi connectivity index (χ3n) is 3.88. The normalized spacial score (nSPS) is 11.6. The molecule has 0 aromatic rings. The quantitative estimate of drug-likeness (QED) is 0.288. The fraction of sp³-hybridized carbons (Fsp3) is 0.833. The van der Waals surface area contributed by atoms with Gasteiger partial charge in [-0.05, 0) is 12.8 Å². The summed E-state index contributed by atoms with van der Waals surface area (Å²) in [4.78, 5) is 10.2. The van der Waals surface area contributed by atoms with Crippen LogP contribution in [0, 0.1) is 0 Å². The van der Waals surface area contributed by atoms with Crippen molar-refractivity contribution >= 4 is 16.0 Å². The molecule has 0 spiro atoms. The fourth-order valence-electron chi connectivity index (χ4n) is 2.46. The Kier molecular flexibility index (Phi) is 20.7. The van der Waals surface area contributed by atoms with Gasteiger partial charge in [-0.1, -0.05) is 77.2 Å². The van der Waals surface area contributed by atoms with E-state index in [2.05, 4.69) is 11.6 Å². The Hall–Kier alpha value is 0.120. The van der Waals surface area contributed by atoms with Crippen LogP contribution in [0.3, 0.4) is 0 Å². The molecule has 5 nitrogen and oxygen atoms in total. The van der Waals surface area contributed by atoms with Crippen LogP contribution in [0.15, 0.2) is 11.5 Å². The van der Waals surface area contributed by atoms with E-state index in [0.29, 0.717) is 0 Å². The molecule has 0 saturated carbocycles. The van der Waals surface area contributed by atoms with Gasteiger partial charge in [0.25, 0.3) is 0 Å². The summed E-state index contributed by atoms with van der Waals surface area (Å²) >= 11 is 0. The number of rotatable bonds is 17. The number of carbonyl (C=O) groups is 1. The molecule has 0 radical (unpaired) electrons. The molecular weight excluding hydrogens is 349 g/mol. The Morgan fingerprint density at radius 1 is 0.920 bits per heavy atom. The summed E-state index contributed by atoms with van der Waals surface area (Å²) in [5.74, 6) is -1.26. The van der Waals surface area contributed by atoms with Crippen molar-refractivity contribution in [2.75, 3.05) is 6.54 Å². The number of unbranched alkanes of at least 4 members (excludes halogenated alkanes) is 11. The minimum atomic E-state index is -3.51. The number of carboxylic acid groups (broad SMARTS) is 1. The molecule has 1 N–H and O–H groups in total. The van der Waals surface area contributed by atoms with E-state index in [1.54, 1.807) is 6.08 Å². The molecule has 0 aliphatic rings. The standard InChI is InChI=1S/C18H35NO4S.Na/c1-2-3-4-5-6-7-8-9-10-11-12-13-14-17-24(22,23)19-16-15-18(20)21;/h14,17,19H,2-13,15-16H2,1H3,(H,20,21);/q;+1/p-1/b17-14+;. The second-order valence-corrected chi connectivity index (χ2v) is 7.91. The van der Waals surface area contributed by atoms with Crippen LogP contribution in [0.1, 0.15) is 90.4 Å². The van der Waals surface area contributed by atoms with Gasteiger partial charge in [-0.25, -0.2) is 13.1 Å². The van der Waals surface area contributed by atoms with Crippen LogP contribution in [-0.2, 0) is 14.8 Å². The van der Waals surface area contributed by atoms with Crippen molar-refractivity contribution < 1.29 is 47.9 Å². The smallest absolute Gasteiger partial charge is 0.550 e. The number of hydrogen-bond acceptors (Lipinski definition) is 4. The van der Waals surface area contributed by atoms with Crippen molar-refractivity contribution in [2.24, 2.45) is 0 Å². The predicted molar refractivity (Wildman–Crippen MR) is 96.8 cm³/mol. The first kappa shape index (κ1) is 27.3. The summed E-state index contributed by atoms with van der Waals surface area (Å²) in [5.41, 5.74) is 0. The summed E-state index contributed by atoms with van der Waals surface area (Å²) in [5, 5.41) is 11.3. The molecule has 0 unspecified atom stereocenters. The molecule has 0 amide bonds. The summed E-state index contributed by atoms with van der Waals surface area (Å²) < 4.78 is 25.2. The van der Waals surface area contributed by atoms with Gasteiger partial charge in [-0.15, -0.1) is 0 Å². The van der Waals surface area contributed by atoms with Crippen LogP contribution in [0.5, 0.6) is 0 Å². The van der Waals surface area contributed by atoms with Gasteiger partial charge in [0.2, 0.25) is 10.0 Å². The van der Waals surface area contributed by atoms with E-state index in [4.69, 9.17) is 0 Å². The van der Waals surface area contributed by atoms with E-state index < -0.39 is 16.0 Å². The average molecular weight is 384 g/mol. The third kappa shape index (κ3) is 22.1. The largest absolute Gasteiger partial charge is 1.00 e. The number of sulfonamides is 1. The van der Waals surface area contributed by atoms with E-state index in [9.17, 15) is 18.3 Å². The zero-order valence-electron chi connectivity index (χ0n) is 16.1. The van der Waals surface area contributed by atoms with Crippen molar-refractivity contribution in [3.63, 3.8) is 0 Å². The minimum absolute atomic E-state index is 0. The van der Waals surface area contributed by atoms with Gasteiger partial charge in [0.15, 0.2) is 0 Å². The summed E-state index contributed by atoms with van der Waals surface area (Å²) in [7, 11) is -3.51. The SMILES string of the molecule is CCCCCCCCCCCCC/C=C/S(=O)(=O)NCCC(=O)[O-].[Na+]. The molecular formula is C18H34NNaO4S. The zero-order valence-corrected chi connectivity index (χ0v) is 18.9. The second kappa shape index (κ2) is 18.9. The molecule has 0 aromatic carbocycles. The summed E-state index contributed by atoms with van der Waals surface area (Å²) in [6.07, 6.45) is 16.0. The van der Waals surface area contributed by atoms with Crippen LogP contribution >= 0.6 is 0 Å². The summed E-state index contributed by atoms with van der Waals surface area (Å²) in [6, 6.07) is 0. The van der Waals surface area contributed by atoms with Crippen molar-refractivity contribution in [3.8, 4) is 0 Å². The van der Waals surface area contributed by atoms with Crippen molar-refractivity contribution in [3.05, 3.63) is 11.5 Å². The molecule has 0 rings (SSSR count). The second-order valence-electron chi connectivity index (χ2n) is 6.26. The van der Waals surface area contributed by atoms with E-state index in [-0.39, 0.29) is 42.5 Å². The van der Waals surface area contributed by atoms with Crippen LogP contribution in [0.2, 0.25) is 0 Å². The topological polar surface area (TPSA) is 86.3 Å². The maximum atomic E-state index is 11.5. The van der Waals surface area contributed by atoms with Gasteiger partial charge < -0.3 is 9.90 Å². The van der Waals surface area contributed by atoms with Gasteiger partial charge in [0, 0.05) is 24.3 Å². The minimum Gasteiger partial charge on any atom is -0.550 e. The van der Waals surface area contributed by atoms with E-state index >= 15 is 0 Å². The monoisotopic (exact) mass is 383 g/mol. The van der Waals surface area contributed by atoms with Gasteiger partial charge >= 0.3 is 29.6 Å². The van der Waals surface area contributed by atoms with Crippen molar-refractivity contribution in [2.45, 2.75) is 90.4 Å². The Morgan fingerprint density at radius 2 is 1.40 bits per heavy atom. The number of carbonyl (C=O) groups excluding carboxylic acids is 1. The molecule has 0 aliphatic heterocycles. The Balaban J connectivity index is 0. The van der Waals surface area contributed by atoms with Crippen molar-refractivity contribution in [1.29, 1.82) is 0 Å². The van der Waals surface area contributed by atoms with Gasteiger partial charge in [-0.2, -0.15) is 0 Å². The van der Waals surface area contributed by atoms with Crippen LogP contribution < -0.4 is 39.4 Å². The Bertz CT molecular complexity index is 438. The first-order valence-electron chi connectivity index (χ1n) is 9.34. The molecule has 0 fully saturated rings. The fourth-order valence-corrected chi connectivity index (χ4v) is 3.34. The molecule has 0 aromatic heterocycles. The predicted octanol–water partition coefficient (Wildman–Crippen LogP) is 0.265. The number of nitrogens with one attached hydrogen (secondary N) is 1. The van der Waals surface area contributed by atoms with Gasteiger partial charge in [0.05, 0.1) is 0 Å². The maximum Gasteiger partial charge on any atom is 1.00 e. The molecule has 142 valence electrons. The van der Waals surface area contributed by atoms with E-state index in [1.165, 1.54) is 57.8 Å². The van der Waals surface area contributed by atoms with Crippen LogP contribution in [0.4, 0.5) is 0 Å². The number of carboxylic acids is 1. The number of aliphatic carboxylic acids is 1. The van der Waals surface area contributed by atoms with Crippen LogP contribution in [0.25, 0.3) is 0 Å². The molecule has 7 heteroatoms. The molecule has 25 heavy (non-hydrogen) atoms. The van der Waals surface area contributed by atoms with E-state index in [1.807, 2.05) is 0 Å². The Labute approximate surface area is 176 Å². The first-order valence-corrected chi connectivity index (χ1v) is 10.9. The Morgan fingerprint density at radius 3 is 1.88 bits per heavy atom. The molecule has 0 bridgehead atoms. The third-order valence-corrected chi connectivity index (χ3v) is 5.04. The number of hydrogen-bond donors (Lipinski definition) is 1. The van der Waals surface area contributed by atoms with Gasteiger partial charge in [-0.3, -0.25) is 0 Å². The van der Waals surface area contributed by atoms with Gasteiger partial charge in [0.1, 0.15) is 0 Å². The summed E-state index contributed by atoms with van der Waals surface area (Å²) in [6.45, 7) is 2.10. The van der Waals surface area contributed by atoms with Crippen molar-refractivity contribution in [1.82, 2.24) is 4.72 Å². The first-order chi connectivity index (χ1) is 11.5. The number of allylic oxidation sites excluding steroid dienone is 1. The van der Waals surface area contributed by atoms with E-state index in [0.717, 1.165) is 24.7 Å². The molecule has 0 saturated heterocycles. The zero-order chi connectivity index (χ0) is 18.1.